The van der Waals surface area contributed by atoms with Crippen LogP contribution in [0.5, 0.6) is 0 Å². The van der Waals surface area contributed by atoms with Crippen LogP contribution >= 0.6 is 11.8 Å². The van der Waals surface area contributed by atoms with Crippen molar-refractivity contribution in [3.8, 4) is 6.07 Å². The summed E-state index contributed by atoms with van der Waals surface area (Å²) >= 11 is 1.72. The van der Waals surface area contributed by atoms with Crippen molar-refractivity contribution in [2.75, 3.05) is 17.6 Å². The minimum Gasteiger partial charge on any atom is -0.381 e. The van der Waals surface area contributed by atoms with E-state index in [1.165, 1.54) is 19.3 Å². The third-order valence-electron chi connectivity index (χ3n) is 3.99. The lowest BCUT2D eigenvalue weighted by Gasteiger charge is -2.32. The lowest BCUT2D eigenvalue weighted by Crippen LogP contribution is -2.36. The predicted octanol–water partition coefficient (Wildman–Crippen LogP) is 3.60. The minimum absolute atomic E-state index is 0.405. The monoisotopic (exact) mass is 289 g/mol. The maximum Gasteiger partial charge on any atom is 0.102 e. The van der Waals surface area contributed by atoms with Crippen LogP contribution in [0.3, 0.4) is 0 Å². The van der Waals surface area contributed by atoms with Crippen LogP contribution in [0, 0.1) is 17.2 Å². The van der Waals surface area contributed by atoms with Gasteiger partial charge < -0.3 is 11.1 Å². The van der Waals surface area contributed by atoms with Gasteiger partial charge >= 0.3 is 0 Å². The molecule has 0 radical (unpaired) electrons. The number of benzene rings is 1. The number of nitrogens with two attached hydrogens (primary N) is 1. The van der Waals surface area contributed by atoms with E-state index in [2.05, 4.69) is 18.3 Å². The van der Waals surface area contributed by atoms with Gasteiger partial charge in [0.05, 0.1) is 11.3 Å². The summed E-state index contributed by atoms with van der Waals surface area (Å²) < 4.78 is 0. The molecule has 0 saturated heterocycles. The first-order chi connectivity index (χ1) is 9.80. The van der Waals surface area contributed by atoms with E-state index in [0.29, 0.717) is 12.0 Å². The summed E-state index contributed by atoms with van der Waals surface area (Å²) in [7, 11) is 0. The largest absolute Gasteiger partial charge is 0.381 e. The summed E-state index contributed by atoms with van der Waals surface area (Å²) in [5, 5.41) is 13.0. The van der Waals surface area contributed by atoms with E-state index in [4.69, 9.17) is 5.73 Å². The Balaban J connectivity index is 2.20. The Labute approximate surface area is 125 Å². The third-order valence-corrected chi connectivity index (χ3v) is 4.93. The molecule has 1 fully saturated rings. The molecule has 4 heteroatoms. The summed E-state index contributed by atoms with van der Waals surface area (Å²) in [6, 6.07) is 8.83. The van der Waals surface area contributed by atoms with Gasteiger partial charge in [-0.05, 0) is 43.2 Å². The summed E-state index contributed by atoms with van der Waals surface area (Å²) in [6.07, 6.45) is 4.87. The molecule has 1 aromatic rings. The van der Waals surface area contributed by atoms with Crippen LogP contribution in [0.15, 0.2) is 23.1 Å². The molecular weight excluding hydrogens is 266 g/mol. The molecule has 0 amide bonds. The number of hydrogen-bond acceptors (Lipinski definition) is 4. The Kier molecular flexibility index (Phi) is 5.75. The fraction of sp³-hybridized carbons (Fsp3) is 0.562. The molecule has 0 heterocycles. The van der Waals surface area contributed by atoms with E-state index >= 15 is 0 Å². The first-order valence-corrected chi connectivity index (χ1v) is 8.41. The molecule has 108 valence electrons. The molecule has 0 aliphatic heterocycles. The summed E-state index contributed by atoms with van der Waals surface area (Å²) in [5.41, 5.74) is 7.63. The molecular formula is C16H23N3S. The highest BCUT2D eigenvalue weighted by molar-refractivity contribution is 7.99. The number of rotatable bonds is 5. The molecule has 1 saturated carbocycles. The number of nitrogens with one attached hydrogen (secondary N) is 1. The van der Waals surface area contributed by atoms with Gasteiger partial charge in [0.25, 0.3) is 0 Å². The molecule has 3 N–H and O–H groups in total. The number of nitriles is 1. The number of nitrogens with zero attached hydrogens (tertiary/aromatic N) is 1. The molecule has 2 atom stereocenters. The number of thioether (sulfide) groups is 1. The maximum atomic E-state index is 9.45. The molecule has 3 nitrogen and oxygen atoms in total. The molecule has 2 rings (SSSR count). The number of anilines is 1. The van der Waals surface area contributed by atoms with Crippen LogP contribution in [-0.4, -0.2) is 18.3 Å². The zero-order chi connectivity index (χ0) is 14.4. The maximum absolute atomic E-state index is 9.45. The number of hydrogen-bond donors (Lipinski definition) is 2. The van der Waals surface area contributed by atoms with Gasteiger partial charge in [-0.1, -0.05) is 25.8 Å². The fourth-order valence-corrected chi connectivity index (χ4v) is 3.71. The van der Waals surface area contributed by atoms with Crippen LogP contribution in [0.4, 0.5) is 5.69 Å². The topological polar surface area (TPSA) is 61.8 Å². The van der Waals surface area contributed by atoms with Crippen LogP contribution in [-0.2, 0) is 0 Å². The van der Waals surface area contributed by atoms with E-state index < -0.39 is 0 Å². The van der Waals surface area contributed by atoms with Crippen molar-refractivity contribution in [3.63, 3.8) is 0 Å². The van der Waals surface area contributed by atoms with Crippen LogP contribution in [0.1, 0.15) is 38.2 Å². The van der Waals surface area contributed by atoms with E-state index in [1.807, 2.05) is 18.2 Å². The van der Waals surface area contributed by atoms with E-state index in [9.17, 15) is 5.26 Å². The highest BCUT2D eigenvalue weighted by Gasteiger charge is 2.24. The second kappa shape index (κ2) is 7.56. The van der Waals surface area contributed by atoms with Crippen molar-refractivity contribution in [1.29, 1.82) is 5.26 Å². The Morgan fingerprint density at radius 3 is 2.90 bits per heavy atom. The second-order valence-corrected chi connectivity index (χ2v) is 6.56. The highest BCUT2D eigenvalue weighted by atomic mass is 32.2. The van der Waals surface area contributed by atoms with Gasteiger partial charge in [0, 0.05) is 10.9 Å². The molecule has 1 aliphatic rings. The van der Waals surface area contributed by atoms with Gasteiger partial charge in [0.2, 0.25) is 0 Å². The van der Waals surface area contributed by atoms with Crippen molar-refractivity contribution in [2.45, 2.75) is 43.5 Å². The Bertz CT molecular complexity index is 481. The lowest BCUT2D eigenvalue weighted by atomic mass is 9.84. The third kappa shape index (κ3) is 3.47. The first kappa shape index (κ1) is 15.2. The standard InChI is InChI=1S/C16H23N3S/c1-2-20-16-9-5-8-15(13(16)11-18)19-14-7-4-3-6-12(14)10-17/h5,8-9,12,14,19H,2-4,6-7,10,17H2,1H3. The summed E-state index contributed by atoms with van der Waals surface area (Å²) in [4.78, 5) is 1.07. The molecule has 2 unspecified atom stereocenters. The van der Waals surface area contributed by atoms with Crippen molar-refractivity contribution < 1.29 is 0 Å². The van der Waals surface area contributed by atoms with Gasteiger partial charge in [0.1, 0.15) is 6.07 Å². The highest BCUT2D eigenvalue weighted by Crippen LogP contribution is 2.31. The molecule has 0 bridgehead atoms. The molecule has 1 aliphatic carbocycles. The normalized spacial score (nSPS) is 22.2. The molecule has 20 heavy (non-hydrogen) atoms. The predicted molar refractivity (Wildman–Crippen MR) is 86.0 cm³/mol. The summed E-state index contributed by atoms with van der Waals surface area (Å²) in [5.74, 6) is 1.50. The SMILES string of the molecule is CCSc1cccc(NC2CCCCC2CN)c1C#N. The zero-order valence-electron chi connectivity index (χ0n) is 12.1. The van der Waals surface area contributed by atoms with E-state index in [-0.39, 0.29) is 0 Å². The van der Waals surface area contributed by atoms with Crippen molar-refractivity contribution >= 4 is 17.4 Å². The van der Waals surface area contributed by atoms with Crippen molar-refractivity contribution in [3.05, 3.63) is 23.8 Å². The smallest absolute Gasteiger partial charge is 0.102 e. The zero-order valence-corrected chi connectivity index (χ0v) is 12.9. The Morgan fingerprint density at radius 2 is 2.20 bits per heavy atom. The first-order valence-electron chi connectivity index (χ1n) is 7.42. The Hall–Kier alpha value is -1.18. The van der Waals surface area contributed by atoms with E-state index in [1.54, 1.807) is 11.8 Å². The van der Waals surface area contributed by atoms with Crippen molar-refractivity contribution in [1.82, 2.24) is 0 Å². The van der Waals surface area contributed by atoms with Crippen LogP contribution < -0.4 is 11.1 Å². The van der Waals surface area contributed by atoms with Gasteiger partial charge in [-0.15, -0.1) is 11.8 Å². The summed E-state index contributed by atoms with van der Waals surface area (Å²) in [6.45, 7) is 2.83. The van der Waals surface area contributed by atoms with Crippen molar-refractivity contribution in [2.24, 2.45) is 11.7 Å². The molecule has 0 spiro atoms. The lowest BCUT2D eigenvalue weighted by molar-refractivity contribution is 0.332. The molecule has 1 aromatic carbocycles. The van der Waals surface area contributed by atoms with Crippen LogP contribution in [0.2, 0.25) is 0 Å². The minimum atomic E-state index is 0.405. The van der Waals surface area contributed by atoms with E-state index in [0.717, 1.165) is 34.9 Å². The fourth-order valence-electron chi connectivity index (χ4n) is 2.92. The van der Waals surface area contributed by atoms with Gasteiger partial charge in [-0.2, -0.15) is 5.26 Å². The van der Waals surface area contributed by atoms with Crippen LogP contribution in [0.25, 0.3) is 0 Å². The average molecular weight is 289 g/mol. The van der Waals surface area contributed by atoms with Gasteiger partial charge in [-0.25, -0.2) is 0 Å². The second-order valence-electron chi connectivity index (χ2n) is 5.25. The van der Waals surface area contributed by atoms with Gasteiger partial charge in [0.15, 0.2) is 0 Å². The molecule has 0 aromatic heterocycles. The van der Waals surface area contributed by atoms with Gasteiger partial charge in [-0.3, -0.25) is 0 Å². The quantitative estimate of drug-likeness (QED) is 0.813. The average Bonchev–Trinajstić information content (AvgIpc) is 2.48. The Morgan fingerprint density at radius 1 is 1.40 bits per heavy atom.